The molecular formula is C15H17ClN4O. The molecule has 0 aliphatic rings. The molecule has 6 heteroatoms. The molecule has 110 valence electrons. The molecule has 0 radical (unpaired) electrons. The van der Waals surface area contributed by atoms with Crippen LogP contribution in [0.2, 0.25) is 5.02 Å². The summed E-state index contributed by atoms with van der Waals surface area (Å²) in [5.41, 5.74) is 8.42. The van der Waals surface area contributed by atoms with E-state index in [1.165, 1.54) is 0 Å². The van der Waals surface area contributed by atoms with E-state index < -0.39 is 0 Å². The molecule has 1 heterocycles. The van der Waals surface area contributed by atoms with Gasteiger partial charge in [0.1, 0.15) is 5.75 Å². The number of aromatic nitrogens is 1. The molecule has 0 saturated heterocycles. The smallest absolute Gasteiger partial charge is 0.193 e. The minimum Gasteiger partial charge on any atom is -0.495 e. The number of nitrogens with one attached hydrogen (secondary N) is 1. The number of guanidine groups is 1. The molecule has 1 aromatic heterocycles. The monoisotopic (exact) mass is 304 g/mol. The molecule has 0 unspecified atom stereocenters. The molecule has 2 aromatic rings. The summed E-state index contributed by atoms with van der Waals surface area (Å²) in [6.45, 7) is 2.36. The summed E-state index contributed by atoms with van der Waals surface area (Å²) in [6, 6.07) is 11.1. The first-order valence-electron chi connectivity index (χ1n) is 6.41. The average Bonchev–Trinajstić information content (AvgIpc) is 2.45. The topological polar surface area (TPSA) is 72.5 Å². The minimum atomic E-state index is 0.305. The lowest BCUT2D eigenvalue weighted by molar-refractivity contribution is 0.415. The first kappa shape index (κ1) is 15.1. The minimum absolute atomic E-state index is 0.305. The highest BCUT2D eigenvalue weighted by Gasteiger charge is 2.02. The fourth-order valence-electron chi connectivity index (χ4n) is 1.79. The van der Waals surface area contributed by atoms with Gasteiger partial charge in [0.25, 0.3) is 0 Å². The number of rotatable bonds is 4. The number of nitrogens with two attached hydrogens (primary N) is 1. The average molecular weight is 305 g/mol. The Kier molecular flexibility index (Phi) is 5.00. The quantitative estimate of drug-likeness (QED) is 0.673. The molecule has 0 atom stereocenters. The molecule has 0 aliphatic carbocycles. The van der Waals surface area contributed by atoms with Gasteiger partial charge in [0.15, 0.2) is 5.96 Å². The van der Waals surface area contributed by atoms with E-state index in [0.717, 1.165) is 17.1 Å². The summed E-state index contributed by atoms with van der Waals surface area (Å²) in [5.74, 6) is 0.918. The fraction of sp³-hybridized carbons (Fsp3) is 0.200. The van der Waals surface area contributed by atoms with Gasteiger partial charge >= 0.3 is 0 Å². The van der Waals surface area contributed by atoms with Crippen molar-refractivity contribution in [3.8, 4) is 5.75 Å². The van der Waals surface area contributed by atoms with E-state index in [2.05, 4.69) is 15.3 Å². The van der Waals surface area contributed by atoms with Gasteiger partial charge in [0, 0.05) is 11.4 Å². The van der Waals surface area contributed by atoms with Gasteiger partial charge in [-0.3, -0.25) is 4.98 Å². The van der Waals surface area contributed by atoms with Crippen LogP contribution in [0.25, 0.3) is 0 Å². The van der Waals surface area contributed by atoms with Crippen molar-refractivity contribution >= 4 is 23.2 Å². The molecule has 2 rings (SSSR count). The van der Waals surface area contributed by atoms with Crippen LogP contribution in [0.15, 0.2) is 41.4 Å². The van der Waals surface area contributed by atoms with Crippen LogP contribution >= 0.6 is 11.6 Å². The fourth-order valence-corrected chi connectivity index (χ4v) is 2.04. The largest absolute Gasteiger partial charge is 0.495 e. The number of pyridine rings is 1. The van der Waals surface area contributed by atoms with Crippen molar-refractivity contribution in [2.24, 2.45) is 10.7 Å². The standard InChI is InChI=1S/C15H17ClN4O/c1-10-4-3-5-12(19-10)9-18-15(17)20-11-6-7-14(21-2)13(16)8-11/h3-8H,9H2,1-2H3,(H3,17,18,20). The van der Waals surface area contributed by atoms with Gasteiger partial charge in [0.2, 0.25) is 0 Å². The molecule has 0 bridgehead atoms. The number of aliphatic imine (C=N–C) groups is 1. The lowest BCUT2D eigenvalue weighted by Gasteiger charge is -2.08. The van der Waals surface area contributed by atoms with E-state index in [0.29, 0.717) is 23.3 Å². The Bertz CT molecular complexity index is 658. The number of anilines is 1. The number of halogens is 1. The molecule has 3 N–H and O–H groups in total. The van der Waals surface area contributed by atoms with Gasteiger partial charge in [-0.05, 0) is 37.3 Å². The molecule has 0 fully saturated rings. The van der Waals surface area contributed by atoms with Crippen LogP contribution in [0.3, 0.4) is 0 Å². The number of nitrogens with zero attached hydrogens (tertiary/aromatic N) is 2. The molecule has 0 spiro atoms. The third kappa shape index (κ3) is 4.36. The summed E-state index contributed by atoms with van der Waals surface area (Å²) < 4.78 is 5.09. The Hall–Kier alpha value is -2.27. The van der Waals surface area contributed by atoms with E-state index in [-0.39, 0.29) is 0 Å². The predicted molar refractivity (Wildman–Crippen MR) is 85.9 cm³/mol. The molecule has 0 saturated carbocycles. The Labute approximate surface area is 128 Å². The van der Waals surface area contributed by atoms with Crippen LogP contribution in [0.5, 0.6) is 5.75 Å². The second-order valence-corrected chi connectivity index (χ2v) is 4.85. The number of hydrogen-bond acceptors (Lipinski definition) is 3. The van der Waals surface area contributed by atoms with Crippen molar-refractivity contribution in [2.45, 2.75) is 13.5 Å². The van der Waals surface area contributed by atoms with Gasteiger partial charge in [0.05, 0.1) is 24.4 Å². The number of aryl methyl sites for hydroxylation is 1. The number of ether oxygens (including phenoxy) is 1. The van der Waals surface area contributed by atoms with E-state index >= 15 is 0 Å². The maximum absolute atomic E-state index is 6.05. The van der Waals surface area contributed by atoms with Gasteiger partial charge in [-0.15, -0.1) is 0 Å². The highest BCUT2D eigenvalue weighted by molar-refractivity contribution is 6.32. The zero-order chi connectivity index (χ0) is 15.2. The molecule has 0 amide bonds. The van der Waals surface area contributed by atoms with Crippen molar-refractivity contribution in [1.29, 1.82) is 0 Å². The van der Waals surface area contributed by atoms with Crippen LogP contribution in [-0.4, -0.2) is 18.1 Å². The van der Waals surface area contributed by atoms with Crippen molar-refractivity contribution in [1.82, 2.24) is 4.98 Å². The van der Waals surface area contributed by atoms with Crippen molar-refractivity contribution in [2.75, 3.05) is 12.4 Å². The first-order valence-corrected chi connectivity index (χ1v) is 6.79. The molecule has 5 nitrogen and oxygen atoms in total. The lowest BCUT2D eigenvalue weighted by Crippen LogP contribution is -2.22. The van der Waals surface area contributed by atoms with Gasteiger partial charge in [-0.25, -0.2) is 4.99 Å². The number of methoxy groups -OCH3 is 1. The summed E-state index contributed by atoms with van der Waals surface area (Å²) in [4.78, 5) is 8.61. The van der Waals surface area contributed by atoms with E-state index in [9.17, 15) is 0 Å². The van der Waals surface area contributed by atoms with Crippen molar-refractivity contribution in [3.63, 3.8) is 0 Å². The lowest BCUT2D eigenvalue weighted by atomic mass is 10.3. The predicted octanol–water partition coefficient (Wildman–Crippen LogP) is 2.98. The van der Waals surface area contributed by atoms with Crippen LogP contribution in [0.1, 0.15) is 11.4 Å². The van der Waals surface area contributed by atoms with Crippen LogP contribution in [0.4, 0.5) is 5.69 Å². The van der Waals surface area contributed by atoms with Crippen LogP contribution < -0.4 is 15.8 Å². The summed E-state index contributed by atoms with van der Waals surface area (Å²) in [6.07, 6.45) is 0. The first-order chi connectivity index (χ1) is 10.1. The van der Waals surface area contributed by atoms with Crippen LogP contribution in [-0.2, 0) is 6.54 Å². The zero-order valence-electron chi connectivity index (χ0n) is 11.9. The second-order valence-electron chi connectivity index (χ2n) is 4.45. The molecular weight excluding hydrogens is 288 g/mol. The number of hydrogen-bond donors (Lipinski definition) is 2. The van der Waals surface area contributed by atoms with Gasteiger partial charge in [-0.2, -0.15) is 0 Å². The molecule has 1 aromatic carbocycles. The SMILES string of the molecule is COc1ccc(NC(N)=NCc2cccc(C)n2)cc1Cl. The number of benzene rings is 1. The Balaban J connectivity index is 2.02. The molecule has 21 heavy (non-hydrogen) atoms. The summed E-state index contributed by atoms with van der Waals surface area (Å²) in [5, 5.41) is 3.49. The highest BCUT2D eigenvalue weighted by Crippen LogP contribution is 2.26. The van der Waals surface area contributed by atoms with E-state index in [1.54, 1.807) is 19.2 Å². The normalized spacial score (nSPS) is 11.3. The Morgan fingerprint density at radius 1 is 1.38 bits per heavy atom. The van der Waals surface area contributed by atoms with Crippen molar-refractivity contribution in [3.05, 3.63) is 52.8 Å². The third-order valence-corrected chi connectivity index (χ3v) is 3.08. The molecule has 0 aliphatic heterocycles. The summed E-state index contributed by atoms with van der Waals surface area (Å²) in [7, 11) is 1.57. The second kappa shape index (κ2) is 6.95. The van der Waals surface area contributed by atoms with E-state index in [1.807, 2.05) is 31.2 Å². The van der Waals surface area contributed by atoms with E-state index in [4.69, 9.17) is 22.1 Å². The zero-order valence-corrected chi connectivity index (χ0v) is 12.7. The van der Waals surface area contributed by atoms with Gasteiger partial charge in [-0.1, -0.05) is 17.7 Å². The summed E-state index contributed by atoms with van der Waals surface area (Å²) >= 11 is 6.05. The van der Waals surface area contributed by atoms with Crippen LogP contribution in [0, 0.1) is 6.92 Å². The maximum Gasteiger partial charge on any atom is 0.193 e. The Morgan fingerprint density at radius 3 is 2.86 bits per heavy atom. The third-order valence-electron chi connectivity index (χ3n) is 2.78. The maximum atomic E-state index is 6.05. The highest BCUT2D eigenvalue weighted by atomic mass is 35.5. The van der Waals surface area contributed by atoms with Crippen molar-refractivity contribution < 1.29 is 4.74 Å². The Morgan fingerprint density at radius 2 is 2.19 bits per heavy atom. The van der Waals surface area contributed by atoms with Gasteiger partial charge < -0.3 is 15.8 Å².